The van der Waals surface area contributed by atoms with Gasteiger partial charge < -0.3 is 4.90 Å². The molecule has 1 aliphatic rings. The molecule has 164 valence electrons. The van der Waals surface area contributed by atoms with Gasteiger partial charge in [-0.15, -0.1) is 0 Å². The molecule has 1 aliphatic heterocycles. The normalized spacial score (nSPS) is 15.3. The molecule has 0 spiro atoms. The van der Waals surface area contributed by atoms with Gasteiger partial charge in [0.2, 0.25) is 0 Å². The molecule has 0 bridgehead atoms. The number of hydrogen-bond acceptors (Lipinski definition) is 4. The Morgan fingerprint density at radius 1 is 0.812 bits per heavy atom. The highest BCUT2D eigenvalue weighted by Gasteiger charge is 2.23. The molecule has 7 heteroatoms. The molecule has 5 nitrogen and oxygen atoms in total. The van der Waals surface area contributed by atoms with E-state index in [1.54, 1.807) is 12.3 Å². The largest absolute Gasteiger partial charge is 0.368 e. The van der Waals surface area contributed by atoms with Crippen molar-refractivity contribution in [3.8, 4) is 0 Å². The summed E-state index contributed by atoms with van der Waals surface area (Å²) in [7, 11) is -3.89. The van der Waals surface area contributed by atoms with Crippen LogP contribution in [0.1, 0.15) is 5.56 Å². The Morgan fingerprint density at radius 3 is 2.31 bits per heavy atom. The Labute approximate surface area is 187 Å². The molecule has 0 unspecified atom stereocenters. The quantitative estimate of drug-likeness (QED) is 0.455. The van der Waals surface area contributed by atoms with E-state index in [4.69, 9.17) is 0 Å². The van der Waals surface area contributed by atoms with Gasteiger partial charge in [-0.3, -0.25) is 4.90 Å². The molecular weight excluding hydrogens is 425 g/mol. The molecular formula is C25H24FN3O2S. The number of nitrogens with zero attached hydrogens (tertiary/aromatic N) is 3. The summed E-state index contributed by atoms with van der Waals surface area (Å²) in [5.41, 5.74) is 2.93. The molecule has 0 saturated carbocycles. The zero-order valence-corrected chi connectivity index (χ0v) is 18.4. The molecule has 3 aromatic carbocycles. The van der Waals surface area contributed by atoms with Crippen LogP contribution in [0.25, 0.3) is 10.9 Å². The van der Waals surface area contributed by atoms with Crippen molar-refractivity contribution in [2.45, 2.75) is 11.4 Å². The van der Waals surface area contributed by atoms with Crippen molar-refractivity contribution in [1.29, 1.82) is 0 Å². The van der Waals surface area contributed by atoms with Crippen LogP contribution in [0.15, 0.2) is 90.0 Å². The molecule has 32 heavy (non-hydrogen) atoms. The first-order valence-corrected chi connectivity index (χ1v) is 12.1. The fourth-order valence-electron chi connectivity index (χ4n) is 4.34. The van der Waals surface area contributed by atoms with E-state index in [-0.39, 0.29) is 4.90 Å². The highest BCUT2D eigenvalue weighted by atomic mass is 32.2. The second kappa shape index (κ2) is 8.41. The molecule has 1 aromatic heterocycles. The summed E-state index contributed by atoms with van der Waals surface area (Å²) in [6.07, 6.45) is 1.56. The summed E-state index contributed by atoms with van der Waals surface area (Å²) in [6.45, 7) is 4.55. The lowest BCUT2D eigenvalue weighted by Gasteiger charge is -2.36. The van der Waals surface area contributed by atoms with Crippen molar-refractivity contribution in [3.63, 3.8) is 0 Å². The van der Waals surface area contributed by atoms with E-state index >= 15 is 0 Å². The average Bonchev–Trinajstić information content (AvgIpc) is 3.26. The number of anilines is 1. The maximum absolute atomic E-state index is 13.6. The van der Waals surface area contributed by atoms with Gasteiger partial charge in [-0.2, -0.15) is 0 Å². The van der Waals surface area contributed by atoms with Crippen LogP contribution in [-0.4, -0.2) is 43.5 Å². The van der Waals surface area contributed by atoms with Crippen LogP contribution in [0.4, 0.5) is 10.1 Å². The molecule has 0 atom stereocenters. The molecule has 1 fully saturated rings. The molecule has 4 aromatic rings. The summed E-state index contributed by atoms with van der Waals surface area (Å²) >= 11 is 0. The number of hydrogen-bond donors (Lipinski definition) is 0. The third-order valence-electron chi connectivity index (χ3n) is 5.99. The molecule has 5 rings (SSSR count). The number of halogens is 1. The highest BCUT2D eigenvalue weighted by Crippen LogP contribution is 2.31. The van der Waals surface area contributed by atoms with Gasteiger partial charge in [0.05, 0.1) is 10.4 Å². The summed E-state index contributed by atoms with van der Waals surface area (Å²) in [5, 5.41) is 0.879. The second-order valence-electron chi connectivity index (χ2n) is 8.03. The van der Waals surface area contributed by atoms with E-state index in [1.807, 2.05) is 24.3 Å². The zero-order valence-electron chi connectivity index (χ0n) is 17.6. The van der Waals surface area contributed by atoms with E-state index in [1.165, 1.54) is 27.7 Å². The summed E-state index contributed by atoms with van der Waals surface area (Å²) < 4.78 is 41.2. The average molecular weight is 450 g/mol. The third-order valence-corrected chi connectivity index (χ3v) is 7.67. The Bertz CT molecular complexity index is 1340. The van der Waals surface area contributed by atoms with E-state index in [0.717, 1.165) is 49.9 Å². The first kappa shape index (κ1) is 20.7. The maximum Gasteiger partial charge on any atom is 0.268 e. The van der Waals surface area contributed by atoms with Crippen LogP contribution in [0.5, 0.6) is 0 Å². The van der Waals surface area contributed by atoms with Crippen LogP contribution in [0.3, 0.4) is 0 Å². The van der Waals surface area contributed by atoms with Crippen LogP contribution in [-0.2, 0) is 16.6 Å². The van der Waals surface area contributed by atoms with Gasteiger partial charge in [0.25, 0.3) is 10.0 Å². The minimum Gasteiger partial charge on any atom is -0.368 e. The van der Waals surface area contributed by atoms with Gasteiger partial charge in [0.1, 0.15) is 5.82 Å². The SMILES string of the molecule is O=S(=O)(c1cccc(F)c1)n1ccc2c(N3CCN(Cc4ccccc4)CC3)cccc21. The zero-order chi connectivity index (χ0) is 22.1. The highest BCUT2D eigenvalue weighted by molar-refractivity contribution is 7.90. The summed E-state index contributed by atoms with van der Waals surface area (Å²) in [5.74, 6) is -0.573. The lowest BCUT2D eigenvalue weighted by atomic mass is 10.1. The molecule has 0 amide bonds. The van der Waals surface area contributed by atoms with Gasteiger partial charge in [-0.1, -0.05) is 42.5 Å². The van der Waals surface area contributed by atoms with Gasteiger partial charge >= 0.3 is 0 Å². The lowest BCUT2D eigenvalue weighted by molar-refractivity contribution is 0.250. The van der Waals surface area contributed by atoms with Crippen molar-refractivity contribution in [1.82, 2.24) is 8.87 Å². The van der Waals surface area contributed by atoms with Crippen molar-refractivity contribution >= 4 is 26.6 Å². The van der Waals surface area contributed by atoms with Gasteiger partial charge in [0, 0.05) is 50.0 Å². The predicted molar refractivity (Wildman–Crippen MR) is 125 cm³/mol. The van der Waals surface area contributed by atoms with Crippen molar-refractivity contribution in [2.75, 3.05) is 31.1 Å². The molecule has 2 heterocycles. The van der Waals surface area contributed by atoms with Crippen LogP contribution < -0.4 is 4.90 Å². The van der Waals surface area contributed by atoms with Crippen LogP contribution >= 0.6 is 0 Å². The van der Waals surface area contributed by atoms with Crippen LogP contribution in [0.2, 0.25) is 0 Å². The fraction of sp³-hybridized carbons (Fsp3) is 0.200. The molecule has 0 aliphatic carbocycles. The van der Waals surface area contributed by atoms with Gasteiger partial charge in [-0.25, -0.2) is 16.8 Å². The van der Waals surface area contributed by atoms with Crippen molar-refractivity contribution < 1.29 is 12.8 Å². The standard InChI is InChI=1S/C25H24FN3O2S/c26-21-8-4-9-22(18-21)32(30,31)29-13-12-23-24(10-5-11-25(23)29)28-16-14-27(15-17-28)19-20-6-2-1-3-7-20/h1-13,18H,14-17,19H2. The minimum absolute atomic E-state index is 0.0603. The number of benzene rings is 3. The van der Waals surface area contributed by atoms with Crippen molar-refractivity contribution in [3.05, 3.63) is 96.4 Å². The van der Waals surface area contributed by atoms with E-state index in [9.17, 15) is 12.8 Å². The molecule has 0 radical (unpaired) electrons. The first-order chi connectivity index (χ1) is 15.5. The fourth-order valence-corrected chi connectivity index (χ4v) is 5.72. The first-order valence-electron chi connectivity index (χ1n) is 10.6. The maximum atomic E-state index is 13.6. The predicted octanol–water partition coefficient (Wildman–Crippen LogP) is 4.34. The Morgan fingerprint density at radius 2 is 1.56 bits per heavy atom. The molecule has 0 N–H and O–H groups in total. The number of rotatable bonds is 5. The van der Waals surface area contributed by atoms with Crippen LogP contribution in [0, 0.1) is 5.82 Å². The third kappa shape index (κ3) is 3.89. The van der Waals surface area contributed by atoms with Gasteiger partial charge in [-0.05, 0) is 42.0 Å². The summed E-state index contributed by atoms with van der Waals surface area (Å²) in [6, 6.07) is 23.1. The summed E-state index contributed by atoms with van der Waals surface area (Å²) in [4.78, 5) is 4.68. The second-order valence-corrected chi connectivity index (χ2v) is 9.85. The van der Waals surface area contributed by atoms with Gasteiger partial charge in [0.15, 0.2) is 0 Å². The lowest BCUT2D eigenvalue weighted by Crippen LogP contribution is -2.46. The van der Waals surface area contributed by atoms with E-state index < -0.39 is 15.8 Å². The topological polar surface area (TPSA) is 45.6 Å². The number of piperazine rings is 1. The number of fused-ring (bicyclic) bond motifs is 1. The van der Waals surface area contributed by atoms with Crippen molar-refractivity contribution in [2.24, 2.45) is 0 Å². The smallest absolute Gasteiger partial charge is 0.268 e. The minimum atomic E-state index is -3.89. The monoisotopic (exact) mass is 449 g/mol. The van der Waals surface area contributed by atoms with E-state index in [0.29, 0.717) is 5.52 Å². The Balaban J connectivity index is 1.39. The number of aromatic nitrogens is 1. The molecule has 1 saturated heterocycles. The van der Waals surface area contributed by atoms with E-state index in [2.05, 4.69) is 34.1 Å². The Hall–Kier alpha value is -3.16. The Kier molecular flexibility index (Phi) is 5.45.